The smallest absolute Gasteiger partial charge is 0.303 e. The number of aryl methyl sites for hydroxylation is 1. The third kappa shape index (κ3) is 4.86. The number of carboxylic acid groups (broad SMARTS) is 1. The van der Waals surface area contributed by atoms with Crippen LogP contribution in [0.2, 0.25) is 0 Å². The Bertz CT molecular complexity index is 590. The maximum atomic E-state index is 10.5. The summed E-state index contributed by atoms with van der Waals surface area (Å²) >= 11 is 1.67. The van der Waals surface area contributed by atoms with Crippen LogP contribution in [0.1, 0.15) is 41.6 Å². The second-order valence-corrected chi connectivity index (χ2v) is 6.29. The van der Waals surface area contributed by atoms with E-state index < -0.39 is 5.97 Å². The van der Waals surface area contributed by atoms with E-state index in [9.17, 15) is 4.79 Å². The molecule has 0 saturated heterocycles. The van der Waals surface area contributed by atoms with Gasteiger partial charge in [0.05, 0.1) is 9.88 Å². The molecular weight excluding hydrogens is 286 g/mol. The molecule has 21 heavy (non-hydrogen) atoms. The van der Waals surface area contributed by atoms with Crippen LogP contribution in [0.3, 0.4) is 0 Å². The van der Waals surface area contributed by atoms with Crippen LogP contribution in [0.5, 0.6) is 5.75 Å². The average Bonchev–Trinajstić information content (AvgIpc) is 2.93. The van der Waals surface area contributed by atoms with Gasteiger partial charge in [-0.1, -0.05) is 26.0 Å². The Kier molecular flexibility index (Phi) is 5.33. The third-order valence-electron chi connectivity index (χ3n) is 3.00. The molecule has 112 valence electrons. The van der Waals surface area contributed by atoms with Gasteiger partial charge in [-0.05, 0) is 24.1 Å². The van der Waals surface area contributed by atoms with Gasteiger partial charge >= 0.3 is 5.97 Å². The van der Waals surface area contributed by atoms with Crippen LogP contribution >= 0.6 is 11.3 Å². The van der Waals surface area contributed by atoms with E-state index in [1.165, 1.54) is 0 Å². The van der Waals surface area contributed by atoms with Crippen molar-refractivity contribution in [1.29, 1.82) is 0 Å². The topological polar surface area (TPSA) is 59.4 Å². The van der Waals surface area contributed by atoms with Crippen LogP contribution in [0, 0.1) is 0 Å². The highest BCUT2D eigenvalue weighted by atomic mass is 32.1. The summed E-state index contributed by atoms with van der Waals surface area (Å²) in [6.45, 7) is 4.76. The molecule has 2 rings (SSSR count). The second-order valence-electron chi connectivity index (χ2n) is 5.15. The molecule has 0 radical (unpaired) electrons. The lowest BCUT2D eigenvalue weighted by Gasteiger charge is -2.05. The van der Waals surface area contributed by atoms with E-state index in [1.54, 1.807) is 11.3 Å². The Morgan fingerprint density at radius 2 is 2.05 bits per heavy atom. The lowest BCUT2D eigenvalue weighted by Crippen LogP contribution is -1.97. The average molecular weight is 305 g/mol. The van der Waals surface area contributed by atoms with Crippen molar-refractivity contribution < 1.29 is 14.6 Å². The van der Waals surface area contributed by atoms with Gasteiger partial charge in [0.15, 0.2) is 0 Å². The standard InChI is InChI=1S/C16H19NO3S/c1-11(2)16-17-9-14(21-16)10-20-13-6-3-12(4-7-13)5-8-15(18)19/h3-4,6-7,9,11H,5,8,10H2,1-2H3,(H,18,19). The maximum Gasteiger partial charge on any atom is 0.303 e. The van der Waals surface area contributed by atoms with Gasteiger partial charge in [-0.25, -0.2) is 4.98 Å². The number of rotatable bonds is 7. The van der Waals surface area contributed by atoms with Gasteiger partial charge in [0.1, 0.15) is 12.4 Å². The summed E-state index contributed by atoms with van der Waals surface area (Å²) in [4.78, 5) is 16.0. The molecule has 4 nitrogen and oxygen atoms in total. The Hall–Kier alpha value is -1.88. The van der Waals surface area contributed by atoms with Gasteiger partial charge in [0.2, 0.25) is 0 Å². The van der Waals surface area contributed by atoms with Gasteiger partial charge in [-0.3, -0.25) is 4.79 Å². The van der Waals surface area contributed by atoms with E-state index in [0.29, 0.717) is 18.9 Å². The van der Waals surface area contributed by atoms with Crippen molar-refractivity contribution in [2.75, 3.05) is 0 Å². The monoisotopic (exact) mass is 305 g/mol. The third-order valence-corrected chi connectivity index (χ3v) is 4.27. The number of hydrogen-bond donors (Lipinski definition) is 1. The summed E-state index contributed by atoms with van der Waals surface area (Å²) in [6, 6.07) is 7.57. The van der Waals surface area contributed by atoms with Gasteiger partial charge in [0.25, 0.3) is 0 Å². The molecule has 0 aliphatic carbocycles. The minimum atomic E-state index is -0.776. The minimum absolute atomic E-state index is 0.152. The maximum absolute atomic E-state index is 10.5. The first kappa shape index (κ1) is 15.5. The van der Waals surface area contributed by atoms with Crippen molar-refractivity contribution in [3.8, 4) is 5.75 Å². The lowest BCUT2D eigenvalue weighted by atomic mass is 10.1. The molecule has 0 saturated carbocycles. The Morgan fingerprint density at radius 3 is 2.62 bits per heavy atom. The number of ether oxygens (including phenoxy) is 1. The van der Waals surface area contributed by atoms with E-state index in [-0.39, 0.29) is 6.42 Å². The Morgan fingerprint density at radius 1 is 1.33 bits per heavy atom. The van der Waals surface area contributed by atoms with E-state index in [4.69, 9.17) is 9.84 Å². The normalized spacial score (nSPS) is 10.8. The molecule has 0 aliphatic heterocycles. The predicted octanol–water partition coefficient (Wildman–Crippen LogP) is 3.86. The summed E-state index contributed by atoms with van der Waals surface area (Å²) in [6.07, 6.45) is 2.56. The van der Waals surface area contributed by atoms with Crippen LogP contribution in [0.4, 0.5) is 0 Å². The number of nitrogens with zero attached hydrogens (tertiary/aromatic N) is 1. The summed E-state index contributed by atoms with van der Waals surface area (Å²) < 4.78 is 5.72. The van der Waals surface area contributed by atoms with Crippen LogP contribution in [0.15, 0.2) is 30.5 Å². The van der Waals surface area contributed by atoms with E-state index >= 15 is 0 Å². The zero-order valence-electron chi connectivity index (χ0n) is 12.2. The fourth-order valence-electron chi connectivity index (χ4n) is 1.81. The predicted molar refractivity (Wildman–Crippen MR) is 82.9 cm³/mol. The first-order valence-electron chi connectivity index (χ1n) is 6.92. The SMILES string of the molecule is CC(C)c1ncc(COc2ccc(CCC(=O)O)cc2)s1. The first-order chi connectivity index (χ1) is 10.0. The molecule has 0 atom stereocenters. The van der Waals surface area contributed by atoms with E-state index in [2.05, 4.69) is 18.8 Å². The molecule has 1 heterocycles. The number of thiazole rings is 1. The second kappa shape index (κ2) is 7.22. The van der Waals surface area contributed by atoms with Gasteiger partial charge in [-0.15, -0.1) is 11.3 Å². The van der Waals surface area contributed by atoms with Crippen molar-refractivity contribution >= 4 is 17.3 Å². The van der Waals surface area contributed by atoms with Crippen LogP contribution < -0.4 is 4.74 Å². The van der Waals surface area contributed by atoms with Crippen molar-refractivity contribution in [2.45, 2.75) is 39.2 Å². The van der Waals surface area contributed by atoms with Crippen molar-refractivity contribution in [2.24, 2.45) is 0 Å². The Balaban J connectivity index is 1.86. The molecule has 1 aromatic heterocycles. The fourth-order valence-corrected chi connectivity index (χ4v) is 2.65. The number of hydrogen-bond acceptors (Lipinski definition) is 4. The Labute approximate surface area is 128 Å². The minimum Gasteiger partial charge on any atom is -0.488 e. The molecule has 1 aromatic carbocycles. The van der Waals surface area contributed by atoms with Gasteiger partial charge in [0, 0.05) is 18.5 Å². The van der Waals surface area contributed by atoms with Crippen molar-refractivity contribution in [3.05, 3.63) is 45.9 Å². The van der Waals surface area contributed by atoms with Crippen LogP contribution in [-0.4, -0.2) is 16.1 Å². The number of carbonyl (C=O) groups is 1. The summed E-state index contributed by atoms with van der Waals surface area (Å²) in [5.74, 6) is 0.451. The fraction of sp³-hybridized carbons (Fsp3) is 0.375. The molecular formula is C16H19NO3S. The van der Waals surface area contributed by atoms with E-state index in [1.807, 2.05) is 30.5 Å². The highest BCUT2D eigenvalue weighted by Gasteiger charge is 2.06. The highest BCUT2D eigenvalue weighted by molar-refractivity contribution is 7.11. The lowest BCUT2D eigenvalue weighted by molar-refractivity contribution is -0.136. The molecule has 0 aliphatic rings. The summed E-state index contributed by atoms with van der Waals surface area (Å²) in [5.41, 5.74) is 1.00. The largest absolute Gasteiger partial charge is 0.488 e. The summed E-state index contributed by atoms with van der Waals surface area (Å²) in [7, 11) is 0. The first-order valence-corrected chi connectivity index (χ1v) is 7.74. The molecule has 0 fully saturated rings. The molecule has 5 heteroatoms. The highest BCUT2D eigenvalue weighted by Crippen LogP contribution is 2.22. The molecule has 0 unspecified atom stereocenters. The number of aromatic nitrogens is 1. The summed E-state index contributed by atoms with van der Waals surface area (Å²) in [5, 5.41) is 9.77. The zero-order valence-corrected chi connectivity index (χ0v) is 13.0. The van der Waals surface area contributed by atoms with E-state index in [0.717, 1.165) is 21.2 Å². The van der Waals surface area contributed by atoms with Gasteiger partial charge < -0.3 is 9.84 Å². The molecule has 2 aromatic rings. The zero-order chi connectivity index (χ0) is 15.2. The molecule has 0 amide bonds. The number of carboxylic acids is 1. The van der Waals surface area contributed by atoms with Gasteiger partial charge in [-0.2, -0.15) is 0 Å². The quantitative estimate of drug-likeness (QED) is 0.843. The van der Waals surface area contributed by atoms with Crippen LogP contribution in [-0.2, 0) is 17.8 Å². The molecule has 1 N–H and O–H groups in total. The number of benzene rings is 1. The molecule has 0 bridgehead atoms. The number of aliphatic carboxylic acids is 1. The molecule has 0 spiro atoms. The van der Waals surface area contributed by atoms with Crippen LogP contribution in [0.25, 0.3) is 0 Å². The van der Waals surface area contributed by atoms with Crippen molar-refractivity contribution in [1.82, 2.24) is 4.98 Å². The van der Waals surface area contributed by atoms with Crippen molar-refractivity contribution in [3.63, 3.8) is 0 Å².